The van der Waals surface area contributed by atoms with Crippen molar-refractivity contribution in [2.45, 2.75) is 136 Å². The first-order valence-electron chi connectivity index (χ1n) is 23.8. The van der Waals surface area contributed by atoms with Crippen molar-refractivity contribution in [3.63, 3.8) is 0 Å². The van der Waals surface area contributed by atoms with E-state index in [4.69, 9.17) is 14.2 Å². The van der Waals surface area contributed by atoms with Crippen LogP contribution in [0.25, 0.3) is 0 Å². The number of carbonyl (C=O) groups is 5. The van der Waals surface area contributed by atoms with Gasteiger partial charge in [0, 0.05) is 25.2 Å². The van der Waals surface area contributed by atoms with Crippen molar-refractivity contribution in [1.82, 2.24) is 14.7 Å². The van der Waals surface area contributed by atoms with E-state index in [2.05, 4.69) is 0 Å². The highest BCUT2D eigenvalue weighted by atomic mass is 19.1. The number of hydrogen-bond donors (Lipinski definition) is 3. The first-order chi connectivity index (χ1) is 33.7. The Kier molecular flexibility index (Phi) is 17.1. The second-order valence-electron chi connectivity index (χ2n) is 20.9. The zero-order valence-electron chi connectivity index (χ0n) is 41.6. The molecule has 1 fully saturated rings. The van der Waals surface area contributed by atoms with Gasteiger partial charge in [0.25, 0.3) is 0 Å². The predicted molar refractivity (Wildman–Crippen MR) is 255 cm³/mol. The first-order valence-corrected chi connectivity index (χ1v) is 23.8. The van der Waals surface area contributed by atoms with Gasteiger partial charge in [0.2, 0.25) is 5.91 Å². The van der Waals surface area contributed by atoms with Crippen LogP contribution in [0.15, 0.2) is 84.9 Å². The number of ether oxygens (including phenoxy) is 3. The molecule has 7 atom stereocenters. The minimum absolute atomic E-state index is 0.000482. The van der Waals surface area contributed by atoms with Crippen molar-refractivity contribution >= 4 is 30.2 Å². The van der Waals surface area contributed by atoms with Gasteiger partial charge in [0.15, 0.2) is 0 Å². The number of carboxylic acid groups (broad SMARTS) is 1. The van der Waals surface area contributed by atoms with Gasteiger partial charge in [-0.05, 0) is 131 Å². The van der Waals surface area contributed by atoms with Gasteiger partial charge in [0.1, 0.15) is 41.1 Å². The average molecular weight is 1010 g/mol. The van der Waals surface area contributed by atoms with Crippen molar-refractivity contribution < 1.29 is 71.1 Å². The van der Waals surface area contributed by atoms with Crippen molar-refractivity contribution in [1.29, 1.82) is 0 Å². The molecule has 3 heterocycles. The van der Waals surface area contributed by atoms with Crippen LogP contribution in [0.4, 0.5) is 31.9 Å². The van der Waals surface area contributed by atoms with Gasteiger partial charge in [-0.1, -0.05) is 62.4 Å². The number of fused-ring (bicyclic) bond motifs is 2. The Bertz CT molecular complexity index is 2590. The largest absolute Gasteiger partial charge is 0.481 e. The molecule has 0 bridgehead atoms. The van der Waals surface area contributed by atoms with Gasteiger partial charge in [-0.2, -0.15) is 0 Å². The summed E-state index contributed by atoms with van der Waals surface area (Å²) in [5.41, 5.74) is 2.15. The third-order valence-corrected chi connectivity index (χ3v) is 12.7. The second-order valence-corrected chi connectivity index (χ2v) is 20.9. The summed E-state index contributed by atoms with van der Waals surface area (Å²) in [5.74, 6) is -8.26. The molecule has 0 aromatic heterocycles. The van der Waals surface area contributed by atoms with Crippen LogP contribution in [0.1, 0.15) is 88.8 Å². The number of nitrogens with zero attached hydrogens (tertiary/aromatic N) is 3. The number of halogens is 4. The van der Waals surface area contributed by atoms with Crippen molar-refractivity contribution in [3.8, 4) is 0 Å². The smallest absolute Gasteiger partial charge is 0.416 e. The molecule has 0 spiro atoms. The zero-order valence-corrected chi connectivity index (χ0v) is 41.6. The minimum atomic E-state index is -1.51. The molecule has 14 nitrogen and oxygen atoms in total. The first kappa shape index (κ1) is 54.8. The molecule has 0 radical (unpaired) electrons. The highest BCUT2D eigenvalue weighted by Crippen LogP contribution is 2.34. The molecule has 0 unspecified atom stereocenters. The molecule has 4 aromatic rings. The molecule has 4 aromatic carbocycles. The van der Waals surface area contributed by atoms with E-state index in [1.165, 1.54) is 9.80 Å². The van der Waals surface area contributed by atoms with Gasteiger partial charge < -0.3 is 29.5 Å². The molecule has 0 aliphatic carbocycles. The van der Waals surface area contributed by atoms with Crippen LogP contribution < -0.4 is 0 Å². The van der Waals surface area contributed by atoms with E-state index in [1.54, 1.807) is 41.5 Å². The number of aliphatic carboxylic acids is 1. The molecule has 4 amide bonds. The number of carbonyl (C=O) groups excluding carboxylic acids is 4. The number of cyclic esters (lactones) is 1. The fraction of sp³-hybridized carbons (Fsp3) is 0.463. The van der Waals surface area contributed by atoms with E-state index >= 15 is 0 Å². The number of amides is 4. The van der Waals surface area contributed by atoms with Crippen LogP contribution in [-0.4, -0.2) is 108 Å². The molecule has 1 saturated heterocycles. The monoisotopic (exact) mass is 1010 g/mol. The SMILES string of the molecule is CC(C)(C)OC(=O)N1Cc2ccccc2C[C@@H]1[C@@H](O)[C@H](Cc1cc(F)cc(F)c1)C(=O)O.CC(C)[C@H]1COC(=O)N1C(=O)[C@@H](Cc1cc(F)cc(F)c1)[C@H](O)[C@H]1Cc2ccccc2CN1C(=O)OC(C)(C)C. The number of imide groups is 1. The summed E-state index contributed by atoms with van der Waals surface area (Å²) < 4.78 is 71.7. The maximum absolute atomic E-state index is 14.1. The highest BCUT2D eigenvalue weighted by molar-refractivity contribution is 5.95. The topological polar surface area (TPSA) is 183 Å². The van der Waals surface area contributed by atoms with Crippen LogP contribution in [-0.2, 0) is 62.6 Å². The van der Waals surface area contributed by atoms with E-state index in [9.17, 15) is 56.9 Å². The predicted octanol–water partition coefficient (Wildman–Crippen LogP) is 8.78. The zero-order chi connectivity index (χ0) is 53.0. The molecular weight excluding hydrogens is 943 g/mol. The van der Waals surface area contributed by atoms with Crippen LogP contribution in [0.5, 0.6) is 0 Å². The van der Waals surface area contributed by atoms with Gasteiger partial charge in [-0.3, -0.25) is 19.4 Å². The number of carboxylic acids is 1. The van der Waals surface area contributed by atoms with Crippen LogP contribution in [0, 0.1) is 41.0 Å². The van der Waals surface area contributed by atoms with Gasteiger partial charge in [0.05, 0.1) is 42.2 Å². The van der Waals surface area contributed by atoms with E-state index in [1.807, 2.05) is 62.4 Å². The maximum Gasteiger partial charge on any atom is 0.416 e. The van der Waals surface area contributed by atoms with Gasteiger partial charge in [-0.15, -0.1) is 0 Å². The van der Waals surface area contributed by atoms with E-state index in [0.717, 1.165) is 51.4 Å². The van der Waals surface area contributed by atoms with Crippen LogP contribution in [0.3, 0.4) is 0 Å². The lowest BCUT2D eigenvalue weighted by atomic mass is 9.82. The van der Waals surface area contributed by atoms with Crippen molar-refractivity contribution in [2.24, 2.45) is 17.8 Å². The quantitative estimate of drug-likeness (QED) is 0.0965. The van der Waals surface area contributed by atoms with Crippen LogP contribution >= 0.6 is 0 Å². The molecular formula is C54H63F4N3O11. The summed E-state index contributed by atoms with van der Waals surface area (Å²) >= 11 is 0. The number of hydrogen-bond acceptors (Lipinski definition) is 10. The van der Waals surface area contributed by atoms with E-state index < -0.39 is 107 Å². The van der Waals surface area contributed by atoms with Crippen molar-refractivity contribution in [2.75, 3.05) is 6.61 Å². The molecule has 72 heavy (non-hydrogen) atoms. The van der Waals surface area contributed by atoms with Crippen molar-refractivity contribution in [3.05, 3.63) is 142 Å². The summed E-state index contributed by atoms with van der Waals surface area (Å²) in [6, 6.07) is 18.1. The lowest BCUT2D eigenvalue weighted by Gasteiger charge is -2.42. The van der Waals surface area contributed by atoms with Crippen LogP contribution in [0.2, 0.25) is 0 Å². The Hall–Kier alpha value is -6.53. The number of rotatable bonds is 11. The van der Waals surface area contributed by atoms with Gasteiger partial charge in [-0.25, -0.2) is 36.8 Å². The minimum Gasteiger partial charge on any atom is -0.481 e. The lowest BCUT2D eigenvalue weighted by Crippen LogP contribution is -2.57. The number of aliphatic hydroxyl groups is 2. The molecule has 18 heteroatoms. The fourth-order valence-corrected chi connectivity index (χ4v) is 9.31. The molecule has 3 aliphatic rings. The third kappa shape index (κ3) is 13.7. The fourth-order valence-electron chi connectivity index (χ4n) is 9.31. The summed E-state index contributed by atoms with van der Waals surface area (Å²) in [6.45, 7) is 14.3. The average Bonchev–Trinajstić information content (AvgIpc) is 3.68. The highest BCUT2D eigenvalue weighted by Gasteiger charge is 2.48. The molecule has 0 saturated carbocycles. The summed E-state index contributed by atoms with van der Waals surface area (Å²) in [6.07, 6.45) is -5.35. The standard InChI is InChI=1S/C30H36F2N2O6.C24H27F2NO5/c1-17(2)25-16-39-29(38)34(25)27(36)23(12-18-10-21(31)14-22(32)11-18)26(35)24-13-19-8-6-7-9-20(19)15-33(24)28(37)40-30(3,4)5;1-24(2,3)32-23(31)27-13-16-7-5-4-6-15(16)11-20(27)21(28)19(22(29)30)10-14-8-17(25)12-18(26)9-14/h6-11,14,17,23-26,35H,12-13,15-16H2,1-5H3;4-9,12,19-21,28H,10-11,13H2,1-3H3,(H,29,30)/t23-,24+,25+,26-;19-,20+,21-/m00/s1. The summed E-state index contributed by atoms with van der Waals surface area (Å²) in [5, 5.41) is 32.8. The second kappa shape index (κ2) is 22.5. The van der Waals surface area contributed by atoms with E-state index in [-0.39, 0.29) is 62.4 Å². The Morgan fingerprint density at radius 3 is 1.38 bits per heavy atom. The molecule has 388 valence electrons. The molecule has 3 N–H and O–H groups in total. The Labute approximate surface area is 416 Å². The summed E-state index contributed by atoms with van der Waals surface area (Å²) in [7, 11) is 0. The lowest BCUT2D eigenvalue weighted by molar-refractivity contribution is -0.148. The van der Waals surface area contributed by atoms with Gasteiger partial charge >= 0.3 is 24.2 Å². The number of benzene rings is 4. The Morgan fingerprint density at radius 2 is 1.00 bits per heavy atom. The summed E-state index contributed by atoms with van der Waals surface area (Å²) in [4.78, 5) is 68.7. The molecule has 3 aliphatic heterocycles. The Balaban J connectivity index is 0.000000241. The normalized spacial score (nSPS) is 19.5. The molecule has 7 rings (SSSR count). The maximum atomic E-state index is 14.1. The third-order valence-electron chi connectivity index (χ3n) is 12.7. The van der Waals surface area contributed by atoms with E-state index in [0.29, 0.717) is 12.1 Å². The number of aliphatic hydroxyl groups excluding tert-OH is 2. The Morgan fingerprint density at radius 1 is 0.625 bits per heavy atom.